The number of aliphatic carboxylic acids is 1. The number of nitrogens with one attached hydrogen (secondary N) is 2. The van der Waals surface area contributed by atoms with Gasteiger partial charge in [-0.1, -0.05) is 6.07 Å². The fourth-order valence-corrected chi connectivity index (χ4v) is 3.56. The molecule has 1 aromatic rings. The highest BCUT2D eigenvalue weighted by Crippen LogP contribution is 2.24. The summed E-state index contributed by atoms with van der Waals surface area (Å²) >= 11 is 0. The van der Waals surface area contributed by atoms with Crippen molar-refractivity contribution in [3.63, 3.8) is 0 Å². The number of carboxylic acid groups (broad SMARTS) is 1. The van der Waals surface area contributed by atoms with Gasteiger partial charge in [0.2, 0.25) is 0 Å². The van der Waals surface area contributed by atoms with Crippen LogP contribution in [0.15, 0.2) is 18.3 Å². The highest BCUT2D eigenvalue weighted by atomic mass is 16.4. The maximum Gasteiger partial charge on any atom is 0.315 e. The first-order valence-electron chi connectivity index (χ1n) is 9.09. The Bertz CT molecular complexity index is 591. The van der Waals surface area contributed by atoms with Gasteiger partial charge in [-0.15, -0.1) is 0 Å². The van der Waals surface area contributed by atoms with E-state index in [2.05, 4.69) is 20.5 Å². The highest BCUT2D eigenvalue weighted by molar-refractivity contribution is 5.74. The lowest BCUT2D eigenvalue weighted by Crippen LogP contribution is -2.43. The summed E-state index contributed by atoms with van der Waals surface area (Å²) in [5.74, 6) is 0.00924. The quantitative estimate of drug-likeness (QED) is 0.759. The van der Waals surface area contributed by atoms with Crippen LogP contribution >= 0.6 is 0 Å². The summed E-state index contributed by atoms with van der Waals surface area (Å²) in [5.41, 5.74) is 0.965. The predicted octanol–water partition coefficient (Wildman–Crippen LogP) is 2.12. The Morgan fingerprint density at radius 2 is 1.88 bits per heavy atom. The summed E-state index contributed by atoms with van der Waals surface area (Å²) in [6.45, 7) is 2.57. The molecule has 3 N–H and O–H groups in total. The van der Waals surface area contributed by atoms with E-state index in [0.717, 1.165) is 37.3 Å². The molecule has 2 amide bonds. The zero-order valence-electron chi connectivity index (χ0n) is 14.4. The van der Waals surface area contributed by atoms with E-state index in [-0.39, 0.29) is 18.0 Å². The van der Waals surface area contributed by atoms with Gasteiger partial charge in [-0.2, -0.15) is 0 Å². The number of nitrogens with zero attached hydrogens (tertiary/aromatic N) is 2. The number of carbonyl (C=O) groups excluding carboxylic acids is 1. The number of aromatic nitrogens is 1. The molecule has 0 radical (unpaired) electrons. The molecule has 0 spiro atoms. The van der Waals surface area contributed by atoms with Gasteiger partial charge >= 0.3 is 12.0 Å². The summed E-state index contributed by atoms with van der Waals surface area (Å²) in [6, 6.07) is 3.86. The van der Waals surface area contributed by atoms with E-state index in [1.807, 2.05) is 18.3 Å². The molecule has 0 atom stereocenters. The fraction of sp³-hybridized carbons (Fsp3) is 0.611. The third kappa shape index (κ3) is 4.84. The second-order valence-electron chi connectivity index (χ2n) is 6.93. The Balaban J connectivity index is 1.39. The highest BCUT2D eigenvalue weighted by Gasteiger charge is 2.26. The third-order valence-electron chi connectivity index (χ3n) is 5.10. The molecular formula is C18H26N4O3. The molecule has 1 saturated carbocycles. The van der Waals surface area contributed by atoms with E-state index in [1.54, 1.807) is 0 Å². The number of carbonyl (C=O) groups is 2. The van der Waals surface area contributed by atoms with Gasteiger partial charge in [-0.3, -0.25) is 4.79 Å². The predicted molar refractivity (Wildman–Crippen MR) is 94.4 cm³/mol. The first-order chi connectivity index (χ1) is 12.1. The molecule has 1 aliphatic carbocycles. The average Bonchev–Trinajstić information content (AvgIpc) is 3.15. The van der Waals surface area contributed by atoms with Crippen molar-refractivity contribution in [2.75, 3.05) is 18.0 Å². The van der Waals surface area contributed by atoms with E-state index >= 15 is 0 Å². The molecule has 0 unspecified atom stereocenters. The van der Waals surface area contributed by atoms with Gasteiger partial charge in [0.05, 0.1) is 5.92 Å². The maximum absolute atomic E-state index is 12.0. The second kappa shape index (κ2) is 8.18. The Hall–Kier alpha value is -2.31. The van der Waals surface area contributed by atoms with Crippen molar-refractivity contribution in [2.24, 2.45) is 5.92 Å². The monoisotopic (exact) mass is 346 g/mol. The van der Waals surface area contributed by atoms with Crippen molar-refractivity contribution in [2.45, 2.75) is 51.1 Å². The van der Waals surface area contributed by atoms with Crippen molar-refractivity contribution in [3.05, 3.63) is 23.9 Å². The van der Waals surface area contributed by atoms with Crippen molar-refractivity contribution >= 4 is 17.8 Å². The van der Waals surface area contributed by atoms with Crippen LogP contribution in [-0.4, -0.2) is 41.2 Å². The Morgan fingerprint density at radius 1 is 1.16 bits per heavy atom. The van der Waals surface area contributed by atoms with Crippen molar-refractivity contribution in [3.8, 4) is 0 Å². The lowest BCUT2D eigenvalue weighted by Gasteiger charge is -2.26. The van der Waals surface area contributed by atoms with Crippen LogP contribution in [0.25, 0.3) is 0 Å². The number of amides is 2. The van der Waals surface area contributed by atoms with Crippen LogP contribution in [0.3, 0.4) is 0 Å². The third-order valence-corrected chi connectivity index (χ3v) is 5.10. The Kier molecular flexibility index (Phi) is 5.73. The number of hydrogen-bond acceptors (Lipinski definition) is 4. The van der Waals surface area contributed by atoms with E-state index in [0.29, 0.717) is 19.4 Å². The lowest BCUT2D eigenvalue weighted by atomic mass is 9.86. The van der Waals surface area contributed by atoms with Crippen LogP contribution in [-0.2, 0) is 11.3 Å². The van der Waals surface area contributed by atoms with Crippen molar-refractivity contribution in [1.82, 2.24) is 15.6 Å². The molecule has 7 nitrogen and oxygen atoms in total. The summed E-state index contributed by atoms with van der Waals surface area (Å²) in [6.07, 6.45) is 6.95. The van der Waals surface area contributed by atoms with Crippen LogP contribution in [0, 0.1) is 5.92 Å². The van der Waals surface area contributed by atoms with Crippen molar-refractivity contribution < 1.29 is 14.7 Å². The number of pyridine rings is 1. The molecule has 2 fully saturated rings. The van der Waals surface area contributed by atoms with Crippen LogP contribution in [0.4, 0.5) is 10.6 Å². The normalized spacial score (nSPS) is 23.3. The van der Waals surface area contributed by atoms with E-state index < -0.39 is 5.97 Å². The molecule has 0 bridgehead atoms. The summed E-state index contributed by atoms with van der Waals surface area (Å²) < 4.78 is 0. The average molecular weight is 346 g/mol. The smallest absolute Gasteiger partial charge is 0.315 e. The molecule has 1 aliphatic heterocycles. The summed E-state index contributed by atoms with van der Waals surface area (Å²) in [5, 5.41) is 14.8. The van der Waals surface area contributed by atoms with E-state index in [9.17, 15) is 9.59 Å². The van der Waals surface area contributed by atoms with Gasteiger partial charge in [-0.25, -0.2) is 9.78 Å². The van der Waals surface area contributed by atoms with Gasteiger partial charge in [0.15, 0.2) is 0 Å². The van der Waals surface area contributed by atoms with Crippen LogP contribution < -0.4 is 15.5 Å². The molecule has 25 heavy (non-hydrogen) atoms. The van der Waals surface area contributed by atoms with Crippen LogP contribution in [0.2, 0.25) is 0 Å². The largest absolute Gasteiger partial charge is 0.481 e. The molecule has 2 aliphatic rings. The van der Waals surface area contributed by atoms with Crippen molar-refractivity contribution in [1.29, 1.82) is 0 Å². The minimum Gasteiger partial charge on any atom is -0.481 e. The molecule has 1 aromatic heterocycles. The van der Waals surface area contributed by atoms with E-state index in [1.165, 1.54) is 12.8 Å². The first-order valence-corrected chi connectivity index (χ1v) is 9.09. The molecule has 2 heterocycles. The molecule has 7 heteroatoms. The summed E-state index contributed by atoms with van der Waals surface area (Å²) in [7, 11) is 0. The number of urea groups is 1. The number of carboxylic acids is 1. The van der Waals surface area contributed by atoms with Gasteiger partial charge < -0.3 is 20.6 Å². The van der Waals surface area contributed by atoms with Gasteiger partial charge in [-0.05, 0) is 50.2 Å². The zero-order chi connectivity index (χ0) is 17.6. The van der Waals surface area contributed by atoms with Crippen LogP contribution in [0.1, 0.15) is 44.1 Å². The SMILES string of the molecule is O=C(NCc1ccc(N2CCCC2)nc1)NC1CCC(C(=O)O)CC1. The molecule has 1 saturated heterocycles. The van der Waals surface area contributed by atoms with Gasteiger partial charge in [0.25, 0.3) is 0 Å². The minimum atomic E-state index is -0.729. The molecule has 0 aromatic carbocycles. The molecule has 3 rings (SSSR count). The van der Waals surface area contributed by atoms with E-state index in [4.69, 9.17) is 5.11 Å². The lowest BCUT2D eigenvalue weighted by molar-refractivity contribution is -0.142. The number of anilines is 1. The van der Waals surface area contributed by atoms with Crippen LogP contribution in [0.5, 0.6) is 0 Å². The zero-order valence-corrected chi connectivity index (χ0v) is 14.4. The Morgan fingerprint density at radius 3 is 2.48 bits per heavy atom. The number of rotatable bonds is 5. The van der Waals surface area contributed by atoms with Gasteiger partial charge in [0, 0.05) is 31.9 Å². The van der Waals surface area contributed by atoms with Gasteiger partial charge in [0.1, 0.15) is 5.82 Å². The number of hydrogen-bond donors (Lipinski definition) is 3. The fourth-order valence-electron chi connectivity index (χ4n) is 3.56. The minimum absolute atomic E-state index is 0.0614. The molecular weight excluding hydrogens is 320 g/mol. The first kappa shape index (κ1) is 17.5. The molecule has 136 valence electrons. The second-order valence-corrected chi connectivity index (χ2v) is 6.93. The topological polar surface area (TPSA) is 94.6 Å². The summed E-state index contributed by atoms with van der Waals surface area (Å²) in [4.78, 5) is 29.7. The standard InChI is InChI=1S/C18H26N4O3/c23-17(24)14-4-6-15(7-5-14)21-18(25)20-12-13-3-8-16(19-11-13)22-9-1-2-10-22/h3,8,11,14-15H,1-2,4-7,9-10,12H2,(H,23,24)(H2,20,21,25). The maximum atomic E-state index is 12.0. The Labute approximate surface area is 147 Å².